The molecule has 0 saturated carbocycles. The molecule has 3 aromatic rings. The van der Waals surface area contributed by atoms with E-state index >= 15 is 0 Å². The van der Waals surface area contributed by atoms with Gasteiger partial charge in [0.1, 0.15) is 17.1 Å². The smallest absolute Gasteiger partial charge is 0.335 e. The van der Waals surface area contributed by atoms with E-state index < -0.39 is 17.8 Å². The van der Waals surface area contributed by atoms with E-state index in [4.69, 9.17) is 9.47 Å². The minimum atomic E-state index is -0.830. The van der Waals surface area contributed by atoms with E-state index in [9.17, 15) is 19.2 Å². The third-order valence-corrected chi connectivity index (χ3v) is 5.37. The molecule has 9 nitrogen and oxygen atoms in total. The van der Waals surface area contributed by atoms with Crippen LogP contribution in [-0.2, 0) is 14.4 Å². The summed E-state index contributed by atoms with van der Waals surface area (Å²) < 4.78 is 10.9. The average molecular weight is 500 g/mol. The zero-order valence-electron chi connectivity index (χ0n) is 20.3. The Morgan fingerprint density at radius 2 is 1.62 bits per heavy atom. The molecule has 5 amide bonds. The van der Waals surface area contributed by atoms with Crippen LogP contribution in [0.1, 0.15) is 18.1 Å². The Bertz CT molecular complexity index is 1360. The van der Waals surface area contributed by atoms with E-state index in [-0.39, 0.29) is 18.1 Å². The lowest BCUT2D eigenvalue weighted by Crippen LogP contribution is -2.54. The third-order valence-electron chi connectivity index (χ3n) is 5.37. The highest BCUT2D eigenvalue weighted by molar-refractivity contribution is 6.39. The van der Waals surface area contributed by atoms with Crippen LogP contribution in [0.4, 0.5) is 16.2 Å². The Hall–Kier alpha value is -4.92. The highest BCUT2D eigenvalue weighted by atomic mass is 16.5. The second-order valence-electron chi connectivity index (χ2n) is 8.16. The summed E-state index contributed by atoms with van der Waals surface area (Å²) in [4.78, 5) is 50.9. The topological polar surface area (TPSA) is 114 Å². The first-order valence-electron chi connectivity index (χ1n) is 11.6. The van der Waals surface area contributed by atoms with Crippen molar-refractivity contribution in [2.75, 3.05) is 23.4 Å². The normalized spacial score (nSPS) is 14.4. The van der Waals surface area contributed by atoms with E-state index in [0.29, 0.717) is 35.0 Å². The summed E-state index contributed by atoms with van der Waals surface area (Å²) in [5, 5.41) is 4.96. The fraction of sp³-hybridized carbons (Fsp3) is 0.143. The number of barbiturate groups is 1. The molecule has 9 heteroatoms. The third kappa shape index (κ3) is 6.21. The maximum atomic E-state index is 13.1. The van der Waals surface area contributed by atoms with Crippen LogP contribution in [0.2, 0.25) is 0 Å². The molecule has 4 rings (SSSR count). The molecular weight excluding hydrogens is 474 g/mol. The van der Waals surface area contributed by atoms with Crippen LogP contribution in [0.3, 0.4) is 0 Å². The van der Waals surface area contributed by atoms with Gasteiger partial charge < -0.3 is 14.8 Å². The van der Waals surface area contributed by atoms with Crippen molar-refractivity contribution < 1.29 is 28.7 Å². The molecule has 2 N–H and O–H groups in total. The van der Waals surface area contributed by atoms with Gasteiger partial charge in [-0.15, -0.1) is 0 Å². The van der Waals surface area contributed by atoms with Gasteiger partial charge in [0, 0.05) is 5.69 Å². The first kappa shape index (κ1) is 25.2. The van der Waals surface area contributed by atoms with Crippen molar-refractivity contribution in [2.45, 2.75) is 13.8 Å². The maximum absolute atomic E-state index is 13.1. The molecule has 3 aromatic carbocycles. The van der Waals surface area contributed by atoms with Gasteiger partial charge in [-0.2, -0.15) is 0 Å². The van der Waals surface area contributed by atoms with Gasteiger partial charge in [-0.25, -0.2) is 9.69 Å². The van der Waals surface area contributed by atoms with Crippen molar-refractivity contribution >= 4 is 41.2 Å². The van der Waals surface area contributed by atoms with Crippen molar-refractivity contribution in [1.29, 1.82) is 0 Å². The SMILES string of the molecule is CCOc1ccc(N2C(=O)NC(=O)/C(=C\c3ccc(OCC(=O)Nc4cccc(C)c4)cc3)C2=O)cc1. The Balaban J connectivity index is 1.42. The molecule has 0 aromatic heterocycles. The number of urea groups is 1. The number of amides is 5. The van der Waals surface area contributed by atoms with Gasteiger partial charge in [0.25, 0.3) is 17.7 Å². The number of anilines is 2. The van der Waals surface area contributed by atoms with Crippen LogP contribution in [0.15, 0.2) is 78.4 Å². The lowest BCUT2D eigenvalue weighted by Gasteiger charge is -2.26. The van der Waals surface area contributed by atoms with Gasteiger partial charge >= 0.3 is 6.03 Å². The molecular formula is C28H25N3O6. The molecule has 37 heavy (non-hydrogen) atoms. The van der Waals surface area contributed by atoms with Crippen LogP contribution in [-0.4, -0.2) is 37.0 Å². The standard InChI is InChI=1S/C28H25N3O6/c1-3-36-22-13-9-21(10-14-22)31-27(34)24(26(33)30-28(31)35)16-19-7-11-23(12-8-19)37-17-25(32)29-20-6-4-5-18(2)15-20/h4-16H,3,17H2,1-2H3,(H,29,32)(H,30,33,35)/b24-16+. The molecule has 1 saturated heterocycles. The molecule has 0 spiro atoms. The summed E-state index contributed by atoms with van der Waals surface area (Å²) in [5.41, 5.74) is 2.36. The summed E-state index contributed by atoms with van der Waals surface area (Å²) in [6, 6.07) is 19.5. The van der Waals surface area contributed by atoms with Crippen molar-refractivity contribution in [3.05, 3.63) is 89.5 Å². The lowest BCUT2D eigenvalue weighted by molar-refractivity contribution is -0.122. The molecule has 0 aliphatic carbocycles. The van der Waals surface area contributed by atoms with Crippen LogP contribution in [0, 0.1) is 6.92 Å². The van der Waals surface area contributed by atoms with Crippen molar-refractivity contribution in [1.82, 2.24) is 5.32 Å². The van der Waals surface area contributed by atoms with Crippen LogP contribution in [0.25, 0.3) is 6.08 Å². The number of imide groups is 2. The zero-order chi connectivity index (χ0) is 26.4. The monoisotopic (exact) mass is 499 g/mol. The Morgan fingerprint density at radius 1 is 0.946 bits per heavy atom. The fourth-order valence-corrected chi connectivity index (χ4v) is 3.65. The van der Waals surface area contributed by atoms with Crippen LogP contribution >= 0.6 is 0 Å². The minimum Gasteiger partial charge on any atom is -0.494 e. The first-order chi connectivity index (χ1) is 17.8. The van der Waals surface area contributed by atoms with E-state index in [0.717, 1.165) is 10.5 Å². The molecule has 0 bridgehead atoms. The second kappa shape index (κ2) is 11.2. The predicted octanol–water partition coefficient (Wildman–Crippen LogP) is 4.08. The first-order valence-corrected chi connectivity index (χ1v) is 11.6. The van der Waals surface area contributed by atoms with Gasteiger partial charge in [0.05, 0.1) is 12.3 Å². The quantitative estimate of drug-likeness (QED) is 0.357. The second-order valence-corrected chi connectivity index (χ2v) is 8.16. The number of aryl methyl sites for hydroxylation is 1. The van der Waals surface area contributed by atoms with Gasteiger partial charge in [-0.1, -0.05) is 24.3 Å². The van der Waals surface area contributed by atoms with Gasteiger partial charge in [-0.3, -0.25) is 19.7 Å². The maximum Gasteiger partial charge on any atom is 0.335 e. The summed E-state index contributed by atoms with van der Waals surface area (Å²) in [7, 11) is 0. The summed E-state index contributed by atoms with van der Waals surface area (Å²) in [5.74, 6) is -0.804. The van der Waals surface area contributed by atoms with Gasteiger partial charge in [0.15, 0.2) is 6.61 Å². The fourth-order valence-electron chi connectivity index (χ4n) is 3.65. The highest BCUT2D eigenvalue weighted by Gasteiger charge is 2.36. The number of ether oxygens (including phenoxy) is 2. The Morgan fingerprint density at radius 3 is 2.30 bits per heavy atom. The van der Waals surface area contributed by atoms with E-state index in [1.54, 1.807) is 54.6 Å². The van der Waals surface area contributed by atoms with E-state index in [2.05, 4.69) is 10.6 Å². The molecule has 1 fully saturated rings. The van der Waals surface area contributed by atoms with Crippen molar-refractivity contribution in [3.63, 3.8) is 0 Å². The molecule has 0 atom stereocenters. The number of benzene rings is 3. The predicted molar refractivity (Wildman–Crippen MR) is 138 cm³/mol. The highest BCUT2D eigenvalue weighted by Crippen LogP contribution is 2.25. The summed E-state index contributed by atoms with van der Waals surface area (Å²) in [6.07, 6.45) is 1.39. The Kier molecular flexibility index (Phi) is 7.63. The number of carbonyl (C=O) groups excluding carboxylic acids is 4. The van der Waals surface area contributed by atoms with Crippen LogP contribution < -0.4 is 25.0 Å². The molecule has 1 aliphatic heterocycles. The molecule has 1 aliphatic rings. The molecule has 0 radical (unpaired) electrons. The van der Waals surface area contributed by atoms with Crippen LogP contribution in [0.5, 0.6) is 11.5 Å². The van der Waals surface area contributed by atoms with E-state index in [1.807, 2.05) is 32.0 Å². The van der Waals surface area contributed by atoms with Gasteiger partial charge in [-0.05, 0) is 79.6 Å². The zero-order valence-corrected chi connectivity index (χ0v) is 20.3. The van der Waals surface area contributed by atoms with E-state index in [1.165, 1.54) is 6.08 Å². The van der Waals surface area contributed by atoms with Crippen molar-refractivity contribution in [3.8, 4) is 11.5 Å². The molecule has 0 unspecified atom stereocenters. The number of rotatable bonds is 8. The lowest BCUT2D eigenvalue weighted by atomic mass is 10.1. The summed E-state index contributed by atoms with van der Waals surface area (Å²) in [6.45, 7) is 4.08. The number of carbonyl (C=O) groups is 4. The number of hydrogen-bond donors (Lipinski definition) is 2. The largest absolute Gasteiger partial charge is 0.494 e. The number of nitrogens with zero attached hydrogens (tertiary/aromatic N) is 1. The van der Waals surface area contributed by atoms with Crippen molar-refractivity contribution in [2.24, 2.45) is 0 Å². The Labute approximate surface area is 213 Å². The van der Waals surface area contributed by atoms with Gasteiger partial charge in [0.2, 0.25) is 0 Å². The minimum absolute atomic E-state index is 0.186. The average Bonchev–Trinajstić information content (AvgIpc) is 2.87. The number of hydrogen-bond acceptors (Lipinski definition) is 6. The molecule has 1 heterocycles. The summed E-state index contributed by atoms with van der Waals surface area (Å²) >= 11 is 0. The molecule has 188 valence electrons. The number of nitrogens with one attached hydrogen (secondary N) is 2.